The number of carbonyl (C=O) groups is 3. The van der Waals surface area contributed by atoms with Crippen molar-refractivity contribution in [2.24, 2.45) is 5.92 Å². The SMILES string of the molecule is CC(C)C(=O)Nc1cccc(C(=O)O[C@@H](C(=O)c2ccccc2)c2ccc(Cl)cc2)c1. The van der Waals surface area contributed by atoms with Gasteiger partial charge in [0.25, 0.3) is 0 Å². The zero-order valence-electron chi connectivity index (χ0n) is 17.2. The van der Waals surface area contributed by atoms with Gasteiger partial charge in [-0.25, -0.2) is 4.79 Å². The van der Waals surface area contributed by atoms with E-state index in [4.69, 9.17) is 16.3 Å². The fraction of sp³-hybridized carbons (Fsp3) is 0.160. The molecule has 6 heteroatoms. The number of hydrogen-bond donors (Lipinski definition) is 1. The lowest BCUT2D eigenvalue weighted by atomic mass is 9.99. The Morgan fingerprint density at radius 3 is 2.13 bits per heavy atom. The summed E-state index contributed by atoms with van der Waals surface area (Å²) in [5.74, 6) is -1.39. The summed E-state index contributed by atoms with van der Waals surface area (Å²) in [6.07, 6.45) is -1.14. The number of anilines is 1. The third-order valence-corrected chi connectivity index (χ3v) is 4.84. The summed E-state index contributed by atoms with van der Waals surface area (Å²) in [5, 5.41) is 3.26. The molecule has 5 nitrogen and oxygen atoms in total. The third-order valence-electron chi connectivity index (χ3n) is 4.58. The molecule has 0 saturated carbocycles. The number of ether oxygens (including phenoxy) is 1. The molecule has 1 N–H and O–H groups in total. The van der Waals surface area contributed by atoms with E-state index in [-0.39, 0.29) is 23.2 Å². The highest BCUT2D eigenvalue weighted by atomic mass is 35.5. The predicted octanol–water partition coefficient (Wildman–Crippen LogP) is 5.72. The van der Waals surface area contributed by atoms with E-state index in [0.29, 0.717) is 21.8 Å². The summed E-state index contributed by atoms with van der Waals surface area (Å²) < 4.78 is 5.64. The Morgan fingerprint density at radius 2 is 1.48 bits per heavy atom. The minimum absolute atomic E-state index is 0.163. The maximum atomic E-state index is 13.1. The van der Waals surface area contributed by atoms with Crippen LogP contribution >= 0.6 is 11.6 Å². The van der Waals surface area contributed by atoms with Crippen LogP contribution in [0.15, 0.2) is 78.9 Å². The highest BCUT2D eigenvalue weighted by molar-refractivity contribution is 6.30. The molecule has 0 radical (unpaired) electrons. The van der Waals surface area contributed by atoms with Crippen LogP contribution in [0.3, 0.4) is 0 Å². The van der Waals surface area contributed by atoms with Crippen molar-refractivity contribution >= 4 is 34.9 Å². The zero-order chi connectivity index (χ0) is 22.4. The Hall–Kier alpha value is -3.44. The monoisotopic (exact) mass is 435 g/mol. The number of benzene rings is 3. The van der Waals surface area contributed by atoms with Crippen LogP contribution in [-0.2, 0) is 9.53 Å². The average Bonchev–Trinajstić information content (AvgIpc) is 2.78. The number of Topliss-reactive ketones (excluding diaryl/α,β-unsaturated/α-hetero) is 1. The third kappa shape index (κ3) is 5.80. The lowest BCUT2D eigenvalue weighted by Gasteiger charge is -2.18. The zero-order valence-corrected chi connectivity index (χ0v) is 17.9. The molecule has 3 aromatic carbocycles. The second-order valence-electron chi connectivity index (χ2n) is 7.29. The maximum Gasteiger partial charge on any atom is 0.339 e. The van der Waals surface area contributed by atoms with Gasteiger partial charge in [-0.1, -0.05) is 74.0 Å². The summed E-state index contributed by atoms with van der Waals surface area (Å²) >= 11 is 5.97. The summed E-state index contributed by atoms with van der Waals surface area (Å²) in [6, 6.07) is 21.6. The molecule has 0 aliphatic heterocycles. The van der Waals surface area contributed by atoms with Gasteiger partial charge in [0.2, 0.25) is 11.7 Å². The van der Waals surface area contributed by atoms with E-state index in [0.717, 1.165) is 0 Å². The van der Waals surface area contributed by atoms with Crippen LogP contribution in [0, 0.1) is 5.92 Å². The largest absolute Gasteiger partial charge is 0.445 e. The number of esters is 1. The first-order chi connectivity index (χ1) is 14.8. The molecule has 0 bridgehead atoms. The highest BCUT2D eigenvalue weighted by Crippen LogP contribution is 2.26. The van der Waals surface area contributed by atoms with Gasteiger partial charge in [-0.2, -0.15) is 0 Å². The van der Waals surface area contributed by atoms with Crippen molar-refractivity contribution in [3.05, 3.63) is 101 Å². The van der Waals surface area contributed by atoms with Gasteiger partial charge in [-0.15, -0.1) is 0 Å². The normalized spacial score (nSPS) is 11.6. The van der Waals surface area contributed by atoms with E-state index in [2.05, 4.69) is 5.32 Å². The molecule has 31 heavy (non-hydrogen) atoms. The van der Waals surface area contributed by atoms with E-state index in [1.54, 1.807) is 86.6 Å². The maximum absolute atomic E-state index is 13.1. The van der Waals surface area contributed by atoms with Crippen LogP contribution in [0.1, 0.15) is 46.2 Å². The standard InChI is InChI=1S/C25H22ClNO4/c1-16(2)24(29)27-21-10-6-9-19(15-21)25(30)31-23(18-11-13-20(26)14-12-18)22(28)17-7-4-3-5-8-17/h3-16,23H,1-2H3,(H,27,29)/t23-/m1/s1. The molecule has 3 rings (SSSR count). The van der Waals surface area contributed by atoms with Crippen LogP contribution in [0.25, 0.3) is 0 Å². The van der Waals surface area contributed by atoms with Gasteiger partial charge in [0, 0.05) is 27.8 Å². The topological polar surface area (TPSA) is 72.5 Å². The fourth-order valence-electron chi connectivity index (χ4n) is 2.85. The predicted molar refractivity (Wildman–Crippen MR) is 120 cm³/mol. The van der Waals surface area contributed by atoms with E-state index in [1.807, 2.05) is 0 Å². The molecular weight excluding hydrogens is 414 g/mol. The number of carbonyl (C=O) groups excluding carboxylic acids is 3. The lowest BCUT2D eigenvalue weighted by molar-refractivity contribution is -0.118. The number of amides is 1. The second-order valence-corrected chi connectivity index (χ2v) is 7.73. The van der Waals surface area contributed by atoms with E-state index in [1.165, 1.54) is 6.07 Å². The van der Waals surface area contributed by atoms with Crippen molar-refractivity contribution in [3.8, 4) is 0 Å². The minimum Gasteiger partial charge on any atom is -0.445 e. The number of halogens is 1. The average molecular weight is 436 g/mol. The van der Waals surface area contributed by atoms with Gasteiger partial charge in [0.05, 0.1) is 5.56 Å². The summed E-state index contributed by atoms with van der Waals surface area (Å²) in [6.45, 7) is 3.55. The molecule has 0 aromatic heterocycles. The first-order valence-electron chi connectivity index (χ1n) is 9.82. The molecular formula is C25H22ClNO4. The minimum atomic E-state index is -1.14. The van der Waals surface area contributed by atoms with Crippen molar-refractivity contribution < 1.29 is 19.1 Å². The molecule has 1 atom stereocenters. The molecule has 0 heterocycles. The molecule has 0 saturated heterocycles. The van der Waals surface area contributed by atoms with E-state index >= 15 is 0 Å². The quantitative estimate of drug-likeness (QED) is 0.380. The van der Waals surface area contributed by atoms with Crippen molar-refractivity contribution in [2.75, 3.05) is 5.32 Å². The summed E-state index contributed by atoms with van der Waals surface area (Å²) in [4.78, 5) is 38.0. The molecule has 0 spiro atoms. The molecule has 0 aliphatic rings. The lowest BCUT2D eigenvalue weighted by Crippen LogP contribution is -2.21. The first-order valence-corrected chi connectivity index (χ1v) is 10.2. The van der Waals surface area contributed by atoms with E-state index in [9.17, 15) is 14.4 Å². The Balaban J connectivity index is 1.87. The molecule has 0 fully saturated rings. The Bertz CT molecular complexity index is 1080. The van der Waals surface area contributed by atoms with Gasteiger partial charge in [-0.05, 0) is 30.3 Å². The fourth-order valence-corrected chi connectivity index (χ4v) is 2.98. The van der Waals surface area contributed by atoms with E-state index < -0.39 is 12.1 Å². The highest BCUT2D eigenvalue weighted by Gasteiger charge is 2.27. The molecule has 1 amide bonds. The summed E-state index contributed by atoms with van der Waals surface area (Å²) in [7, 11) is 0. The number of rotatable bonds is 7. The number of hydrogen-bond acceptors (Lipinski definition) is 4. The molecule has 0 aliphatic carbocycles. The number of nitrogens with one attached hydrogen (secondary N) is 1. The molecule has 3 aromatic rings. The Labute approximate surface area is 186 Å². The van der Waals surface area contributed by atoms with Crippen LogP contribution in [0.4, 0.5) is 5.69 Å². The number of ketones is 1. The molecule has 0 unspecified atom stereocenters. The van der Waals surface area contributed by atoms with Gasteiger partial charge in [-0.3, -0.25) is 9.59 Å². The van der Waals surface area contributed by atoms with Crippen LogP contribution < -0.4 is 5.32 Å². The molecule has 158 valence electrons. The van der Waals surface area contributed by atoms with Crippen molar-refractivity contribution in [1.29, 1.82) is 0 Å². The van der Waals surface area contributed by atoms with Crippen molar-refractivity contribution in [3.63, 3.8) is 0 Å². The first kappa shape index (κ1) is 22.2. The van der Waals surface area contributed by atoms with Crippen molar-refractivity contribution in [1.82, 2.24) is 0 Å². The Morgan fingerprint density at radius 1 is 0.839 bits per heavy atom. The Kier molecular flexibility index (Phi) is 7.21. The van der Waals surface area contributed by atoms with Crippen LogP contribution in [0.2, 0.25) is 5.02 Å². The van der Waals surface area contributed by atoms with Gasteiger partial charge < -0.3 is 10.1 Å². The van der Waals surface area contributed by atoms with Crippen LogP contribution in [-0.4, -0.2) is 17.7 Å². The smallest absolute Gasteiger partial charge is 0.339 e. The second kappa shape index (κ2) is 10.0. The van der Waals surface area contributed by atoms with Gasteiger partial charge in [0.15, 0.2) is 6.10 Å². The van der Waals surface area contributed by atoms with Gasteiger partial charge in [0.1, 0.15) is 0 Å². The van der Waals surface area contributed by atoms with Crippen molar-refractivity contribution in [2.45, 2.75) is 20.0 Å². The van der Waals surface area contributed by atoms with Crippen LogP contribution in [0.5, 0.6) is 0 Å². The summed E-state index contributed by atoms with van der Waals surface area (Å²) in [5.41, 5.74) is 1.64. The van der Waals surface area contributed by atoms with Gasteiger partial charge >= 0.3 is 5.97 Å².